The molecule has 0 unspecified atom stereocenters. The van der Waals surface area contributed by atoms with Gasteiger partial charge in [-0.1, -0.05) is 49.9 Å². The summed E-state index contributed by atoms with van der Waals surface area (Å²) in [4.78, 5) is 22.7. The fourth-order valence-electron chi connectivity index (χ4n) is 2.98. The van der Waals surface area contributed by atoms with Crippen molar-refractivity contribution in [3.8, 4) is 0 Å². The summed E-state index contributed by atoms with van der Waals surface area (Å²) in [5.41, 5.74) is 1.65. The summed E-state index contributed by atoms with van der Waals surface area (Å²) in [5, 5.41) is 11.8. The van der Waals surface area contributed by atoms with Crippen LogP contribution in [0.5, 0.6) is 0 Å². The molecule has 1 aliphatic rings. The van der Waals surface area contributed by atoms with Gasteiger partial charge in [0.25, 0.3) is 0 Å². The molecule has 0 atom stereocenters. The number of carboxylic acids is 1. The number of amides is 1. The van der Waals surface area contributed by atoms with Gasteiger partial charge in [0.1, 0.15) is 0 Å². The number of carbonyl (C=O) groups excluding carboxylic acids is 1. The number of carboxylic acid groups (broad SMARTS) is 1. The normalized spacial score (nSPS) is 15.0. The van der Waals surface area contributed by atoms with Crippen molar-refractivity contribution in [3.05, 3.63) is 35.4 Å². The molecule has 2 N–H and O–H groups in total. The third-order valence-corrected chi connectivity index (χ3v) is 4.19. The van der Waals surface area contributed by atoms with Crippen LogP contribution in [0.2, 0.25) is 0 Å². The van der Waals surface area contributed by atoms with Crippen molar-refractivity contribution in [1.29, 1.82) is 0 Å². The Morgan fingerprint density at radius 2 is 1.81 bits per heavy atom. The van der Waals surface area contributed by atoms with E-state index in [1.165, 1.54) is 25.7 Å². The van der Waals surface area contributed by atoms with Gasteiger partial charge in [-0.3, -0.25) is 9.59 Å². The molecule has 21 heavy (non-hydrogen) atoms. The Balaban J connectivity index is 1.79. The molecule has 1 aliphatic carbocycles. The molecule has 1 aromatic rings. The van der Waals surface area contributed by atoms with Crippen molar-refractivity contribution >= 4 is 11.9 Å². The molecule has 0 heterocycles. The first kappa shape index (κ1) is 15.5. The standard InChI is InChI=1S/C17H23NO3/c19-16(10-9-13-5-1-2-6-13)18-12-15-8-4-3-7-14(15)11-17(20)21/h3-4,7-8,13H,1-2,5-6,9-12H2,(H,18,19)(H,20,21). The Kier molecular flexibility index (Phi) is 5.78. The Labute approximate surface area is 125 Å². The lowest BCUT2D eigenvalue weighted by Crippen LogP contribution is -2.23. The van der Waals surface area contributed by atoms with Gasteiger partial charge in [-0.2, -0.15) is 0 Å². The van der Waals surface area contributed by atoms with E-state index in [0.717, 1.165) is 23.5 Å². The summed E-state index contributed by atoms with van der Waals surface area (Å²) in [5.74, 6) is -0.0721. The van der Waals surface area contributed by atoms with Crippen LogP contribution in [-0.2, 0) is 22.6 Å². The summed E-state index contributed by atoms with van der Waals surface area (Å²) in [6, 6.07) is 7.36. The van der Waals surface area contributed by atoms with Gasteiger partial charge >= 0.3 is 5.97 Å². The first-order chi connectivity index (χ1) is 10.1. The van der Waals surface area contributed by atoms with Crippen LogP contribution < -0.4 is 5.32 Å². The molecule has 1 aromatic carbocycles. The first-order valence-corrected chi connectivity index (χ1v) is 7.70. The van der Waals surface area contributed by atoms with Crippen molar-refractivity contribution in [1.82, 2.24) is 5.32 Å². The molecule has 1 fully saturated rings. The van der Waals surface area contributed by atoms with Crippen molar-refractivity contribution in [2.24, 2.45) is 5.92 Å². The Bertz CT molecular complexity index is 493. The molecular weight excluding hydrogens is 266 g/mol. The van der Waals surface area contributed by atoms with E-state index in [1.807, 2.05) is 18.2 Å². The number of hydrogen-bond donors (Lipinski definition) is 2. The van der Waals surface area contributed by atoms with Gasteiger partial charge in [0.2, 0.25) is 5.91 Å². The van der Waals surface area contributed by atoms with Crippen LogP contribution in [0.3, 0.4) is 0 Å². The lowest BCUT2D eigenvalue weighted by atomic mass is 10.0. The van der Waals surface area contributed by atoms with Gasteiger partial charge in [0.15, 0.2) is 0 Å². The first-order valence-electron chi connectivity index (χ1n) is 7.70. The number of carbonyl (C=O) groups is 2. The second-order valence-corrected chi connectivity index (χ2v) is 5.81. The van der Waals surface area contributed by atoms with Crippen LogP contribution in [-0.4, -0.2) is 17.0 Å². The SMILES string of the molecule is O=C(O)Cc1ccccc1CNC(=O)CCC1CCCC1. The minimum absolute atomic E-state index is 0.00584. The van der Waals surface area contributed by atoms with E-state index in [4.69, 9.17) is 5.11 Å². The molecule has 0 aliphatic heterocycles. The Morgan fingerprint density at radius 1 is 1.14 bits per heavy atom. The van der Waals surface area contributed by atoms with Crippen LogP contribution in [0.1, 0.15) is 49.7 Å². The van der Waals surface area contributed by atoms with E-state index in [9.17, 15) is 9.59 Å². The maximum Gasteiger partial charge on any atom is 0.307 e. The monoisotopic (exact) mass is 289 g/mol. The van der Waals surface area contributed by atoms with Gasteiger partial charge in [-0.05, 0) is 23.5 Å². The molecule has 0 aromatic heterocycles. The van der Waals surface area contributed by atoms with Gasteiger partial charge in [-0.25, -0.2) is 0 Å². The van der Waals surface area contributed by atoms with Crippen LogP contribution >= 0.6 is 0 Å². The molecule has 114 valence electrons. The molecule has 1 amide bonds. The van der Waals surface area contributed by atoms with Crippen molar-refractivity contribution in [3.63, 3.8) is 0 Å². The zero-order chi connectivity index (χ0) is 15.1. The second-order valence-electron chi connectivity index (χ2n) is 5.81. The van der Waals surface area contributed by atoms with Crippen LogP contribution in [0.15, 0.2) is 24.3 Å². The average Bonchev–Trinajstić information content (AvgIpc) is 2.97. The minimum Gasteiger partial charge on any atom is -0.481 e. The van der Waals surface area contributed by atoms with E-state index in [0.29, 0.717) is 13.0 Å². The third-order valence-electron chi connectivity index (χ3n) is 4.19. The van der Waals surface area contributed by atoms with Crippen molar-refractivity contribution in [2.45, 2.75) is 51.5 Å². The van der Waals surface area contributed by atoms with Crippen LogP contribution in [0.4, 0.5) is 0 Å². The third kappa shape index (κ3) is 5.21. The minimum atomic E-state index is -0.852. The van der Waals surface area contributed by atoms with Gasteiger partial charge < -0.3 is 10.4 Å². The highest BCUT2D eigenvalue weighted by atomic mass is 16.4. The number of benzene rings is 1. The molecule has 0 radical (unpaired) electrons. The van der Waals surface area contributed by atoms with E-state index < -0.39 is 5.97 Å². The Hall–Kier alpha value is -1.84. The summed E-state index contributed by atoms with van der Waals surface area (Å²) in [6.45, 7) is 0.410. The molecule has 2 rings (SSSR count). The van der Waals surface area contributed by atoms with E-state index in [-0.39, 0.29) is 12.3 Å². The zero-order valence-electron chi connectivity index (χ0n) is 12.3. The largest absolute Gasteiger partial charge is 0.481 e. The van der Waals surface area contributed by atoms with Crippen molar-refractivity contribution < 1.29 is 14.7 Å². The van der Waals surface area contributed by atoms with Crippen molar-refractivity contribution in [2.75, 3.05) is 0 Å². The number of hydrogen-bond acceptors (Lipinski definition) is 2. The predicted molar refractivity (Wildman–Crippen MR) is 80.8 cm³/mol. The maximum absolute atomic E-state index is 11.9. The number of rotatable bonds is 7. The highest BCUT2D eigenvalue weighted by Crippen LogP contribution is 2.28. The average molecular weight is 289 g/mol. The maximum atomic E-state index is 11.9. The van der Waals surface area contributed by atoms with E-state index >= 15 is 0 Å². The molecule has 0 saturated heterocycles. The number of nitrogens with one attached hydrogen (secondary N) is 1. The lowest BCUT2D eigenvalue weighted by molar-refractivity contribution is -0.136. The predicted octanol–water partition coefficient (Wildman–Crippen LogP) is 2.90. The lowest BCUT2D eigenvalue weighted by Gasteiger charge is -2.11. The number of aliphatic carboxylic acids is 1. The second kappa shape index (κ2) is 7.81. The van der Waals surface area contributed by atoms with E-state index in [1.54, 1.807) is 6.07 Å². The Morgan fingerprint density at radius 3 is 2.48 bits per heavy atom. The molecule has 4 heteroatoms. The fraction of sp³-hybridized carbons (Fsp3) is 0.529. The zero-order valence-corrected chi connectivity index (χ0v) is 12.3. The quantitative estimate of drug-likeness (QED) is 0.811. The van der Waals surface area contributed by atoms with Gasteiger partial charge in [-0.15, -0.1) is 0 Å². The highest BCUT2D eigenvalue weighted by molar-refractivity contribution is 5.76. The molecule has 1 saturated carbocycles. The summed E-state index contributed by atoms with van der Waals surface area (Å²) in [7, 11) is 0. The topological polar surface area (TPSA) is 66.4 Å². The van der Waals surface area contributed by atoms with Gasteiger partial charge in [0, 0.05) is 13.0 Å². The molecule has 4 nitrogen and oxygen atoms in total. The molecular formula is C17H23NO3. The molecule has 0 bridgehead atoms. The van der Waals surface area contributed by atoms with Crippen LogP contribution in [0, 0.1) is 5.92 Å². The van der Waals surface area contributed by atoms with Gasteiger partial charge in [0.05, 0.1) is 6.42 Å². The molecule has 0 spiro atoms. The smallest absolute Gasteiger partial charge is 0.307 e. The summed E-state index contributed by atoms with van der Waals surface area (Å²) >= 11 is 0. The summed E-state index contributed by atoms with van der Waals surface area (Å²) < 4.78 is 0. The highest BCUT2D eigenvalue weighted by Gasteiger charge is 2.16. The fourth-order valence-corrected chi connectivity index (χ4v) is 2.98. The van der Waals surface area contributed by atoms with E-state index in [2.05, 4.69) is 5.32 Å². The van der Waals surface area contributed by atoms with Crippen LogP contribution in [0.25, 0.3) is 0 Å². The summed E-state index contributed by atoms with van der Waals surface area (Å²) in [6.07, 6.45) is 6.66.